The Kier molecular flexibility index (Phi) is 7.06. The van der Waals surface area contributed by atoms with E-state index in [9.17, 15) is 9.59 Å². The number of nitrogens with zero attached hydrogens (tertiary/aromatic N) is 1. The van der Waals surface area contributed by atoms with E-state index in [1.807, 2.05) is 62.4 Å². The molecule has 7 nitrogen and oxygen atoms in total. The Hall–Kier alpha value is -4.26. The molecule has 1 aromatic heterocycles. The van der Waals surface area contributed by atoms with Crippen LogP contribution in [0.2, 0.25) is 0 Å². The van der Waals surface area contributed by atoms with Gasteiger partial charge in [0.05, 0.1) is 25.2 Å². The average Bonchev–Trinajstić information content (AvgIpc) is 2.88. The number of rotatable bonds is 8. The van der Waals surface area contributed by atoms with Crippen molar-refractivity contribution in [3.8, 4) is 23.0 Å². The van der Waals surface area contributed by atoms with Gasteiger partial charge in [-0.3, -0.25) is 9.59 Å². The van der Waals surface area contributed by atoms with Gasteiger partial charge in [-0.1, -0.05) is 30.3 Å². The third kappa shape index (κ3) is 4.99. The smallest absolute Gasteiger partial charge is 0.258 e. The topological polar surface area (TPSA) is 78.8 Å². The summed E-state index contributed by atoms with van der Waals surface area (Å²) in [5.41, 5.74) is 2.06. The minimum absolute atomic E-state index is 0.197. The standard InChI is InChI=1S/C28H28N2O5/c1-5-30-17-23(21-14-25(33-3)26(34-4)15-22(21)28(30)32)27(31)29-16-19-12-11-18(2)13-24(19)35-20-9-7-6-8-10-20/h6-15,17H,5,16H2,1-4H3,(H,29,31). The molecule has 7 heteroatoms. The first-order chi connectivity index (χ1) is 16.9. The van der Waals surface area contributed by atoms with Crippen LogP contribution in [0.3, 0.4) is 0 Å². The third-order valence-electron chi connectivity index (χ3n) is 5.81. The van der Waals surface area contributed by atoms with Gasteiger partial charge in [-0.2, -0.15) is 0 Å². The number of pyridine rings is 1. The minimum Gasteiger partial charge on any atom is -0.493 e. The molecule has 0 atom stereocenters. The van der Waals surface area contributed by atoms with E-state index in [-0.39, 0.29) is 18.0 Å². The van der Waals surface area contributed by atoms with Crippen molar-refractivity contribution in [3.63, 3.8) is 0 Å². The van der Waals surface area contributed by atoms with Gasteiger partial charge in [0.2, 0.25) is 0 Å². The largest absolute Gasteiger partial charge is 0.493 e. The highest BCUT2D eigenvalue weighted by molar-refractivity contribution is 6.07. The van der Waals surface area contributed by atoms with E-state index >= 15 is 0 Å². The zero-order valence-electron chi connectivity index (χ0n) is 20.3. The van der Waals surface area contributed by atoms with Gasteiger partial charge in [0.1, 0.15) is 11.5 Å². The first-order valence-corrected chi connectivity index (χ1v) is 11.3. The highest BCUT2D eigenvalue weighted by Crippen LogP contribution is 2.32. The van der Waals surface area contributed by atoms with Crippen LogP contribution in [-0.4, -0.2) is 24.7 Å². The molecule has 0 bridgehead atoms. The second-order valence-electron chi connectivity index (χ2n) is 8.10. The maximum atomic E-state index is 13.4. The number of benzene rings is 3. The van der Waals surface area contributed by atoms with E-state index in [1.54, 1.807) is 18.3 Å². The molecule has 0 spiro atoms. The zero-order chi connectivity index (χ0) is 24.9. The lowest BCUT2D eigenvalue weighted by molar-refractivity contribution is 0.0951. The van der Waals surface area contributed by atoms with E-state index in [0.29, 0.717) is 45.9 Å². The lowest BCUT2D eigenvalue weighted by Gasteiger charge is -2.16. The van der Waals surface area contributed by atoms with Gasteiger partial charge in [0.25, 0.3) is 11.5 Å². The number of ether oxygens (including phenoxy) is 3. The number of hydrogen-bond acceptors (Lipinski definition) is 5. The molecule has 4 aromatic rings. The van der Waals surface area contributed by atoms with Crippen molar-refractivity contribution in [2.24, 2.45) is 0 Å². The molecule has 0 aliphatic carbocycles. The number of aromatic nitrogens is 1. The second kappa shape index (κ2) is 10.3. The van der Waals surface area contributed by atoms with Crippen molar-refractivity contribution < 1.29 is 19.0 Å². The first kappa shape index (κ1) is 23.9. The Bertz CT molecular complexity index is 1430. The van der Waals surface area contributed by atoms with E-state index in [4.69, 9.17) is 14.2 Å². The van der Waals surface area contributed by atoms with Crippen LogP contribution in [0.5, 0.6) is 23.0 Å². The van der Waals surface area contributed by atoms with E-state index in [0.717, 1.165) is 11.1 Å². The van der Waals surface area contributed by atoms with Crippen molar-refractivity contribution in [2.75, 3.05) is 14.2 Å². The second-order valence-corrected chi connectivity index (χ2v) is 8.10. The summed E-state index contributed by atoms with van der Waals surface area (Å²) in [6.45, 7) is 4.52. The molecule has 1 heterocycles. The number of carbonyl (C=O) groups excluding carboxylic acids is 1. The number of nitrogens with one attached hydrogen (secondary N) is 1. The van der Waals surface area contributed by atoms with Gasteiger partial charge < -0.3 is 24.1 Å². The van der Waals surface area contributed by atoms with Gasteiger partial charge in [-0.05, 0) is 49.7 Å². The summed E-state index contributed by atoms with van der Waals surface area (Å²) in [7, 11) is 3.03. The van der Waals surface area contributed by atoms with Gasteiger partial charge >= 0.3 is 0 Å². The van der Waals surface area contributed by atoms with E-state index < -0.39 is 0 Å². The molecule has 35 heavy (non-hydrogen) atoms. The molecule has 3 aromatic carbocycles. The monoisotopic (exact) mass is 472 g/mol. The molecule has 1 amide bonds. The SMILES string of the molecule is CCn1cc(C(=O)NCc2ccc(C)cc2Oc2ccccc2)c2cc(OC)c(OC)cc2c1=O. The number of methoxy groups -OCH3 is 2. The Morgan fingerprint density at radius 3 is 2.26 bits per heavy atom. The Labute approximate surface area is 203 Å². The molecular formula is C28H28N2O5. The van der Waals surface area contributed by atoms with Crippen LogP contribution in [0.4, 0.5) is 0 Å². The van der Waals surface area contributed by atoms with Crippen LogP contribution in [0.25, 0.3) is 10.8 Å². The lowest BCUT2D eigenvalue weighted by Crippen LogP contribution is -2.27. The highest BCUT2D eigenvalue weighted by Gasteiger charge is 2.18. The van der Waals surface area contributed by atoms with Gasteiger partial charge in [-0.25, -0.2) is 0 Å². The number of aryl methyl sites for hydroxylation is 2. The number of carbonyl (C=O) groups is 1. The normalized spacial score (nSPS) is 10.7. The molecule has 0 radical (unpaired) electrons. The summed E-state index contributed by atoms with van der Waals surface area (Å²) in [5.74, 6) is 1.95. The highest BCUT2D eigenvalue weighted by atomic mass is 16.5. The molecule has 0 aliphatic heterocycles. The summed E-state index contributed by atoms with van der Waals surface area (Å²) in [5, 5.41) is 3.87. The van der Waals surface area contributed by atoms with Gasteiger partial charge in [-0.15, -0.1) is 0 Å². The van der Waals surface area contributed by atoms with Crippen molar-refractivity contribution >= 4 is 16.7 Å². The lowest BCUT2D eigenvalue weighted by atomic mass is 10.0. The number of amides is 1. The van der Waals surface area contributed by atoms with Crippen molar-refractivity contribution in [1.82, 2.24) is 9.88 Å². The summed E-state index contributed by atoms with van der Waals surface area (Å²) >= 11 is 0. The van der Waals surface area contributed by atoms with Crippen LogP contribution in [0.1, 0.15) is 28.4 Å². The maximum absolute atomic E-state index is 13.4. The fourth-order valence-corrected chi connectivity index (χ4v) is 3.92. The molecule has 0 fully saturated rings. The molecule has 0 saturated carbocycles. The predicted octanol–water partition coefficient (Wildman–Crippen LogP) is 5.07. The van der Waals surface area contributed by atoms with Crippen molar-refractivity contribution in [3.05, 3.63) is 93.9 Å². The van der Waals surface area contributed by atoms with Crippen molar-refractivity contribution in [2.45, 2.75) is 26.9 Å². The van der Waals surface area contributed by atoms with Gasteiger partial charge in [0, 0.05) is 30.2 Å². The summed E-state index contributed by atoms with van der Waals surface area (Å²) in [4.78, 5) is 26.3. The third-order valence-corrected chi connectivity index (χ3v) is 5.81. The number of hydrogen-bond donors (Lipinski definition) is 1. The van der Waals surface area contributed by atoms with E-state index in [2.05, 4.69) is 5.32 Å². The fraction of sp³-hybridized carbons (Fsp3) is 0.214. The molecule has 4 rings (SSSR count). The zero-order valence-corrected chi connectivity index (χ0v) is 20.3. The summed E-state index contributed by atoms with van der Waals surface area (Å²) in [6.07, 6.45) is 1.59. The Balaban J connectivity index is 1.68. The quantitative estimate of drug-likeness (QED) is 0.387. The predicted molar refractivity (Wildman–Crippen MR) is 136 cm³/mol. The van der Waals surface area contributed by atoms with Crippen LogP contribution in [0, 0.1) is 6.92 Å². The fourth-order valence-electron chi connectivity index (χ4n) is 3.92. The van der Waals surface area contributed by atoms with E-state index in [1.165, 1.54) is 18.8 Å². The van der Waals surface area contributed by atoms with Crippen LogP contribution in [-0.2, 0) is 13.1 Å². The maximum Gasteiger partial charge on any atom is 0.258 e. The Morgan fingerprint density at radius 2 is 1.60 bits per heavy atom. The van der Waals surface area contributed by atoms with Crippen LogP contribution in [0.15, 0.2) is 71.7 Å². The summed E-state index contributed by atoms with van der Waals surface area (Å²) < 4.78 is 18.4. The summed E-state index contributed by atoms with van der Waals surface area (Å²) in [6, 6.07) is 18.6. The van der Waals surface area contributed by atoms with Crippen molar-refractivity contribution in [1.29, 1.82) is 0 Å². The molecule has 0 unspecified atom stereocenters. The Morgan fingerprint density at radius 1 is 0.914 bits per heavy atom. The molecule has 180 valence electrons. The number of para-hydroxylation sites is 1. The number of fused-ring (bicyclic) bond motifs is 1. The minimum atomic E-state index is -0.310. The van der Waals surface area contributed by atoms with Crippen LogP contribution >= 0.6 is 0 Å². The molecule has 1 N–H and O–H groups in total. The van der Waals surface area contributed by atoms with Gasteiger partial charge in [0.15, 0.2) is 11.5 Å². The molecular weight excluding hydrogens is 444 g/mol. The molecule has 0 saturated heterocycles. The molecule has 0 aliphatic rings. The first-order valence-electron chi connectivity index (χ1n) is 11.3. The average molecular weight is 473 g/mol. The van der Waals surface area contributed by atoms with Crippen LogP contribution < -0.4 is 25.1 Å².